The number of aliphatic carboxylic acids is 1. The van der Waals surface area contributed by atoms with Crippen molar-refractivity contribution in [3.63, 3.8) is 0 Å². The quantitative estimate of drug-likeness (QED) is 0.734. The normalized spacial score (nSPS) is 16.3. The summed E-state index contributed by atoms with van der Waals surface area (Å²) < 4.78 is 5.32. The third kappa shape index (κ3) is 5.44. The molecule has 7 nitrogen and oxygen atoms in total. The lowest BCUT2D eigenvalue weighted by molar-refractivity contribution is -0.135. The summed E-state index contributed by atoms with van der Waals surface area (Å²) in [7, 11) is 0. The van der Waals surface area contributed by atoms with Gasteiger partial charge in [-0.15, -0.1) is 0 Å². The van der Waals surface area contributed by atoms with E-state index in [1.165, 1.54) is 11.0 Å². The Balaban J connectivity index is 1.64. The molecule has 1 aliphatic heterocycles. The highest BCUT2D eigenvalue weighted by atomic mass is 16.6. The van der Waals surface area contributed by atoms with Crippen LogP contribution in [0.1, 0.15) is 24.0 Å². The van der Waals surface area contributed by atoms with Crippen LogP contribution >= 0.6 is 0 Å². The minimum Gasteiger partial charge on any atom is -0.477 e. The van der Waals surface area contributed by atoms with Crippen LogP contribution in [-0.2, 0) is 20.9 Å². The molecule has 2 aromatic carbocycles. The van der Waals surface area contributed by atoms with Crippen LogP contribution in [0.3, 0.4) is 0 Å². The molecule has 2 amide bonds. The molecule has 2 N–H and O–H groups in total. The molecule has 0 bridgehead atoms. The van der Waals surface area contributed by atoms with Crippen molar-refractivity contribution in [2.24, 2.45) is 0 Å². The zero-order chi connectivity index (χ0) is 20.6. The maximum absolute atomic E-state index is 12.7. The monoisotopic (exact) mass is 394 g/mol. The van der Waals surface area contributed by atoms with Gasteiger partial charge in [-0.2, -0.15) is 0 Å². The Bertz CT molecular complexity index is 896. The molecule has 1 atom stereocenters. The molecule has 0 spiro atoms. The smallest absolute Gasteiger partial charge is 0.410 e. The summed E-state index contributed by atoms with van der Waals surface area (Å²) in [5, 5.41) is 11.9. The zero-order valence-corrected chi connectivity index (χ0v) is 15.8. The lowest BCUT2D eigenvalue weighted by atomic mass is 10.1. The minimum atomic E-state index is -1.25. The van der Waals surface area contributed by atoms with Gasteiger partial charge in [-0.05, 0) is 30.0 Å². The summed E-state index contributed by atoms with van der Waals surface area (Å²) in [6, 6.07) is 17.3. The second-order valence-corrected chi connectivity index (χ2v) is 6.65. The molecule has 1 heterocycles. The van der Waals surface area contributed by atoms with Crippen LogP contribution in [0.15, 0.2) is 66.4 Å². The Labute approximate surface area is 168 Å². The van der Waals surface area contributed by atoms with E-state index >= 15 is 0 Å². The number of benzene rings is 2. The number of nitrogens with zero attached hydrogens (tertiary/aromatic N) is 1. The van der Waals surface area contributed by atoms with Gasteiger partial charge in [0.2, 0.25) is 5.91 Å². The second-order valence-electron chi connectivity index (χ2n) is 6.65. The lowest BCUT2D eigenvalue weighted by Crippen LogP contribution is -2.46. The van der Waals surface area contributed by atoms with Gasteiger partial charge in [0.25, 0.3) is 0 Å². The van der Waals surface area contributed by atoms with Gasteiger partial charge in [-0.25, -0.2) is 9.59 Å². The number of hydrogen-bond donors (Lipinski definition) is 2. The summed E-state index contributed by atoms with van der Waals surface area (Å²) in [6.07, 6.45) is 1.89. The molecule has 1 unspecified atom stereocenters. The van der Waals surface area contributed by atoms with E-state index in [0.717, 1.165) is 5.56 Å². The molecular formula is C22H22N2O5. The van der Waals surface area contributed by atoms with Crippen LogP contribution in [0.25, 0.3) is 6.08 Å². The maximum atomic E-state index is 12.7. The molecule has 1 saturated heterocycles. The van der Waals surface area contributed by atoms with Crippen LogP contribution in [0.5, 0.6) is 0 Å². The molecule has 29 heavy (non-hydrogen) atoms. The maximum Gasteiger partial charge on any atom is 0.410 e. The largest absolute Gasteiger partial charge is 0.477 e. The van der Waals surface area contributed by atoms with Crippen molar-refractivity contribution in [2.45, 2.75) is 25.5 Å². The third-order valence-electron chi connectivity index (χ3n) is 4.59. The van der Waals surface area contributed by atoms with Crippen LogP contribution < -0.4 is 5.32 Å². The molecule has 0 aliphatic carbocycles. The number of amides is 2. The fourth-order valence-corrected chi connectivity index (χ4v) is 3.14. The fraction of sp³-hybridized carbons (Fsp3) is 0.227. The van der Waals surface area contributed by atoms with Gasteiger partial charge in [-0.3, -0.25) is 9.69 Å². The number of hydrogen-bond acceptors (Lipinski definition) is 4. The van der Waals surface area contributed by atoms with Gasteiger partial charge in [0.15, 0.2) is 0 Å². The van der Waals surface area contributed by atoms with Crippen LogP contribution in [0, 0.1) is 0 Å². The van der Waals surface area contributed by atoms with Crippen molar-refractivity contribution >= 4 is 24.0 Å². The molecule has 150 valence electrons. The van der Waals surface area contributed by atoms with E-state index < -0.39 is 24.0 Å². The van der Waals surface area contributed by atoms with Crippen molar-refractivity contribution in [1.82, 2.24) is 10.2 Å². The molecule has 2 aromatic rings. The lowest BCUT2D eigenvalue weighted by Gasteiger charge is -2.23. The fourth-order valence-electron chi connectivity index (χ4n) is 3.14. The highest BCUT2D eigenvalue weighted by Crippen LogP contribution is 2.20. The molecule has 0 aromatic heterocycles. The molecular weight excluding hydrogens is 372 g/mol. The van der Waals surface area contributed by atoms with Crippen LogP contribution in [0.4, 0.5) is 4.79 Å². The summed E-state index contributed by atoms with van der Waals surface area (Å²) in [6.45, 7) is 0.495. The number of carboxylic acid groups (broad SMARTS) is 1. The van der Waals surface area contributed by atoms with Gasteiger partial charge in [0.1, 0.15) is 18.3 Å². The standard InChI is InChI=1S/C22H22N2O5/c25-20(23-18(21(26)27)14-16-8-3-1-4-9-16)19-12-7-13-24(19)22(28)29-15-17-10-5-2-6-11-17/h1-6,8-11,14,19H,7,12-13,15H2,(H,23,25)(H,26,27). The van der Waals surface area contributed by atoms with Crippen LogP contribution in [-0.4, -0.2) is 40.6 Å². The van der Waals surface area contributed by atoms with Crippen molar-refractivity contribution in [3.8, 4) is 0 Å². The van der Waals surface area contributed by atoms with Crippen molar-refractivity contribution < 1.29 is 24.2 Å². The van der Waals surface area contributed by atoms with Crippen molar-refractivity contribution in [3.05, 3.63) is 77.5 Å². The minimum absolute atomic E-state index is 0.110. The summed E-state index contributed by atoms with van der Waals surface area (Å²) in [4.78, 5) is 38.0. The third-order valence-corrected chi connectivity index (χ3v) is 4.59. The van der Waals surface area contributed by atoms with Gasteiger partial charge in [0, 0.05) is 6.54 Å². The molecule has 1 fully saturated rings. The number of nitrogens with one attached hydrogen (secondary N) is 1. The zero-order valence-electron chi connectivity index (χ0n) is 15.8. The second kappa shape index (κ2) is 9.54. The summed E-state index contributed by atoms with van der Waals surface area (Å²) >= 11 is 0. The number of carbonyl (C=O) groups excluding carboxylic acids is 2. The summed E-state index contributed by atoms with van der Waals surface area (Å²) in [5.41, 5.74) is 1.25. The van der Waals surface area contributed by atoms with E-state index in [-0.39, 0.29) is 12.3 Å². The first-order valence-electron chi connectivity index (χ1n) is 9.33. The van der Waals surface area contributed by atoms with Crippen molar-refractivity contribution in [2.75, 3.05) is 6.54 Å². The number of ether oxygens (including phenoxy) is 1. The number of likely N-dealkylation sites (tertiary alicyclic amines) is 1. The van der Waals surface area contributed by atoms with Gasteiger partial charge in [0.05, 0.1) is 0 Å². The summed E-state index contributed by atoms with van der Waals surface area (Å²) in [5.74, 6) is -1.79. The van der Waals surface area contributed by atoms with E-state index in [1.54, 1.807) is 24.3 Å². The van der Waals surface area contributed by atoms with Gasteiger partial charge in [-0.1, -0.05) is 60.7 Å². The topological polar surface area (TPSA) is 95.9 Å². The van der Waals surface area contributed by atoms with E-state index in [0.29, 0.717) is 24.9 Å². The highest BCUT2D eigenvalue weighted by molar-refractivity contribution is 5.98. The first-order chi connectivity index (χ1) is 14.0. The Kier molecular flexibility index (Phi) is 6.63. The van der Waals surface area contributed by atoms with E-state index in [9.17, 15) is 19.5 Å². The van der Waals surface area contributed by atoms with E-state index in [2.05, 4.69) is 5.32 Å². The number of carbonyl (C=O) groups is 3. The predicted molar refractivity (Wildman–Crippen MR) is 107 cm³/mol. The Morgan fingerprint density at radius 2 is 1.72 bits per heavy atom. The molecule has 3 rings (SSSR count). The molecule has 1 aliphatic rings. The van der Waals surface area contributed by atoms with E-state index in [1.807, 2.05) is 36.4 Å². The SMILES string of the molecule is O=C(O)C(=Cc1ccccc1)NC(=O)C1CCCN1C(=O)OCc1ccccc1. The predicted octanol–water partition coefficient (Wildman–Crippen LogP) is 3.03. The van der Waals surface area contributed by atoms with Crippen LogP contribution in [0.2, 0.25) is 0 Å². The molecule has 0 radical (unpaired) electrons. The molecule has 7 heteroatoms. The Morgan fingerprint density at radius 3 is 2.38 bits per heavy atom. The van der Waals surface area contributed by atoms with Gasteiger partial charge >= 0.3 is 12.1 Å². The first-order valence-corrected chi connectivity index (χ1v) is 9.33. The average molecular weight is 394 g/mol. The van der Waals surface area contributed by atoms with Gasteiger partial charge < -0.3 is 15.2 Å². The average Bonchev–Trinajstić information content (AvgIpc) is 3.23. The Hall–Kier alpha value is -3.61. The highest BCUT2D eigenvalue weighted by Gasteiger charge is 2.35. The van der Waals surface area contributed by atoms with E-state index in [4.69, 9.17) is 4.74 Å². The Morgan fingerprint density at radius 1 is 1.07 bits per heavy atom. The van der Waals surface area contributed by atoms with Crippen molar-refractivity contribution in [1.29, 1.82) is 0 Å². The number of rotatable bonds is 6. The number of carboxylic acids is 1. The first kappa shape index (κ1) is 20.1. The molecule has 0 saturated carbocycles.